The molecule has 2 aromatic carbocycles. The van der Waals surface area contributed by atoms with Crippen LogP contribution in [0.15, 0.2) is 59.5 Å². The molecule has 1 saturated carbocycles. The predicted octanol–water partition coefficient (Wildman–Crippen LogP) is 7.48. The topological polar surface area (TPSA) is 178 Å². The number of aryl methyl sites for hydroxylation is 1. The van der Waals surface area contributed by atoms with E-state index in [0.717, 1.165) is 45.5 Å². The van der Waals surface area contributed by atoms with Gasteiger partial charge in [0.25, 0.3) is 0 Å². The molecule has 1 aliphatic heterocycles. The van der Waals surface area contributed by atoms with Gasteiger partial charge in [-0.1, -0.05) is 62.7 Å². The van der Waals surface area contributed by atoms with Crippen LogP contribution in [0.2, 0.25) is 0 Å². The molecule has 1 aliphatic carbocycles. The lowest BCUT2D eigenvalue weighted by molar-refractivity contribution is -0.136. The fourth-order valence-electron chi connectivity index (χ4n) is 7.67. The fourth-order valence-corrected chi connectivity index (χ4v) is 8.65. The Kier molecular flexibility index (Phi) is 12.1. The van der Waals surface area contributed by atoms with Crippen molar-refractivity contribution in [2.75, 3.05) is 38.7 Å². The number of esters is 1. The van der Waals surface area contributed by atoms with Gasteiger partial charge < -0.3 is 29.0 Å². The van der Waals surface area contributed by atoms with E-state index in [2.05, 4.69) is 36.0 Å². The highest BCUT2D eigenvalue weighted by Crippen LogP contribution is 2.37. The maximum Gasteiger partial charge on any atom is 0.416 e. The molecule has 1 amide bonds. The molecule has 2 atom stereocenters. The Morgan fingerprint density at radius 2 is 1.67 bits per heavy atom. The van der Waals surface area contributed by atoms with E-state index in [1.54, 1.807) is 15.5 Å². The monoisotopic (exact) mass is 799 g/mol. The lowest BCUT2D eigenvalue weighted by atomic mass is 9.75. The van der Waals surface area contributed by atoms with Crippen LogP contribution in [0.5, 0.6) is 11.8 Å². The molecule has 5 heterocycles. The molecular formula is C41H49N7O8S. The number of carbonyl (C=O) groups is 3. The van der Waals surface area contributed by atoms with Gasteiger partial charge in [-0.3, -0.25) is 15.0 Å². The summed E-state index contributed by atoms with van der Waals surface area (Å²) in [6.45, 7) is 12.8. The molecule has 0 spiro atoms. The van der Waals surface area contributed by atoms with Crippen molar-refractivity contribution < 1.29 is 38.4 Å². The minimum absolute atomic E-state index is 0.105. The van der Waals surface area contributed by atoms with Crippen LogP contribution in [-0.2, 0) is 14.3 Å². The SMILES string of the molecule is CCOc1[nH]n2c(nc3ccccc32)c1SCCC(=O)O.Cc1ccc(-c2nc3c(C(=O)OC4C(C)CC(C)CC4C)cc(OC(=O)N4CCOCC4)n3[nH]2)cc1. The number of rotatable bonds is 10. The largest absolute Gasteiger partial charge is 0.481 e. The number of aromatic amines is 2. The Morgan fingerprint density at radius 1 is 0.947 bits per heavy atom. The number of carboxylic acid groups (broad SMARTS) is 1. The third kappa shape index (κ3) is 8.76. The highest BCUT2D eigenvalue weighted by atomic mass is 32.2. The first kappa shape index (κ1) is 39.7. The number of hydrogen-bond donors (Lipinski definition) is 3. The molecule has 15 nitrogen and oxygen atoms in total. The van der Waals surface area contributed by atoms with E-state index in [4.69, 9.17) is 29.0 Å². The minimum atomic E-state index is -0.805. The lowest BCUT2D eigenvalue weighted by Crippen LogP contribution is -2.42. The number of benzene rings is 2. The number of hydrogen-bond acceptors (Lipinski definition) is 10. The second-order valence-corrected chi connectivity index (χ2v) is 15.9. The number of carbonyl (C=O) groups excluding carboxylic acids is 2. The molecule has 302 valence electrons. The summed E-state index contributed by atoms with van der Waals surface area (Å²) in [6, 6.07) is 17.3. The van der Waals surface area contributed by atoms with E-state index >= 15 is 0 Å². The van der Waals surface area contributed by atoms with Gasteiger partial charge in [0.05, 0.1) is 37.3 Å². The number of ether oxygens (including phenoxy) is 4. The van der Waals surface area contributed by atoms with Crippen molar-refractivity contribution in [3.8, 4) is 23.1 Å². The number of H-pyrrole nitrogens is 2. The summed E-state index contributed by atoms with van der Waals surface area (Å²) in [5, 5.41) is 15.1. The molecule has 4 aromatic heterocycles. The average molecular weight is 800 g/mol. The summed E-state index contributed by atoms with van der Waals surface area (Å²) >= 11 is 1.45. The number of aliphatic carboxylic acids is 1. The normalized spacial score (nSPS) is 19.7. The Balaban J connectivity index is 0.000000200. The smallest absolute Gasteiger partial charge is 0.416 e. The molecule has 3 N–H and O–H groups in total. The summed E-state index contributed by atoms with van der Waals surface area (Å²) in [7, 11) is 0. The van der Waals surface area contributed by atoms with Crippen molar-refractivity contribution in [3.63, 3.8) is 0 Å². The van der Waals surface area contributed by atoms with Gasteiger partial charge in [0, 0.05) is 30.5 Å². The quantitative estimate of drug-likeness (QED) is 0.0925. The van der Waals surface area contributed by atoms with Crippen LogP contribution in [0.3, 0.4) is 0 Å². The lowest BCUT2D eigenvalue weighted by Gasteiger charge is -2.37. The van der Waals surface area contributed by atoms with Crippen LogP contribution in [0, 0.1) is 24.7 Å². The highest BCUT2D eigenvalue weighted by Gasteiger charge is 2.36. The number of para-hydroxylation sites is 2. The van der Waals surface area contributed by atoms with E-state index in [9.17, 15) is 14.4 Å². The van der Waals surface area contributed by atoms with Crippen molar-refractivity contribution in [2.24, 2.45) is 17.8 Å². The van der Waals surface area contributed by atoms with E-state index < -0.39 is 18.0 Å². The second kappa shape index (κ2) is 17.3. The Hall–Kier alpha value is -5.48. The zero-order valence-corrected chi connectivity index (χ0v) is 33.6. The van der Waals surface area contributed by atoms with Gasteiger partial charge in [-0.25, -0.2) is 28.6 Å². The average Bonchev–Trinajstić information content (AvgIpc) is 3.95. The summed E-state index contributed by atoms with van der Waals surface area (Å²) < 4.78 is 26.1. The number of morpholine rings is 1. The van der Waals surface area contributed by atoms with Crippen molar-refractivity contribution in [1.29, 1.82) is 0 Å². The summed E-state index contributed by atoms with van der Waals surface area (Å²) in [5.74, 6) is 1.77. The molecule has 2 unspecified atom stereocenters. The van der Waals surface area contributed by atoms with Crippen molar-refractivity contribution >= 4 is 52.1 Å². The number of thioether (sulfide) groups is 1. The number of aromatic nitrogens is 6. The number of carboxylic acids is 1. The van der Waals surface area contributed by atoms with Gasteiger partial charge >= 0.3 is 18.0 Å². The molecule has 8 rings (SSSR count). The maximum atomic E-state index is 13.4. The Bertz CT molecular complexity index is 2340. The fraction of sp³-hybridized carbons (Fsp3) is 0.439. The van der Waals surface area contributed by atoms with Crippen molar-refractivity contribution in [1.82, 2.24) is 34.1 Å². The number of nitrogens with one attached hydrogen (secondary N) is 2. The number of amides is 1. The summed E-state index contributed by atoms with van der Waals surface area (Å²) in [5.41, 5.74) is 5.27. The maximum absolute atomic E-state index is 13.4. The Labute approximate surface area is 334 Å². The molecular weight excluding hydrogens is 751 g/mol. The summed E-state index contributed by atoms with van der Waals surface area (Å²) in [6.07, 6.45) is 1.49. The molecule has 2 fully saturated rings. The van der Waals surface area contributed by atoms with E-state index in [-0.39, 0.29) is 35.8 Å². The molecule has 16 heteroatoms. The number of fused-ring (bicyclic) bond motifs is 4. The van der Waals surface area contributed by atoms with Gasteiger partial charge in [0.1, 0.15) is 16.6 Å². The van der Waals surface area contributed by atoms with Crippen LogP contribution in [-0.4, -0.2) is 102 Å². The summed E-state index contributed by atoms with van der Waals surface area (Å²) in [4.78, 5) is 48.7. The van der Waals surface area contributed by atoms with Gasteiger partial charge in [-0.2, -0.15) is 0 Å². The van der Waals surface area contributed by atoms with Crippen LogP contribution in [0.1, 0.15) is 62.9 Å². The zero-order chi connectivity index (χ0) is 40.2. The Morgan fingerprint density at radius 3 is 2.37 bits per heavy atom. The third-order valence-corrected chi connectivity index (χ3v) is 11.4. The van der Waals surface area contributed by atoms with E-state index in [0.29, 0.717) is 61.9 Å². The second-order valence-electron chi connectivity index (χ2n) is 14.8. The minimum Gasteiger partial charge on any atom is -0.481 e. The zero-order valence-electron chi connectivity index (χ0n) is 32.8. The highest BCUT2D eigenvalue weighted by molar-refractivity contribution is 7.99. The molecule has 57 heavy (non-hydrogen) atoms. The van der Waals surface area contributed by atoms with Gasteiger partial charge in [-0.15, -0.1) is 11.8 Å². The van der Waals surface area contributed by atoms with E-state index in [1.165, 1.54) is 11.8 Å². The molecule has 1 saturated heterocycles. The van der Waals surface area contributed by atoms with Crippen LogP contribution < -0.4 is 9.47 Å². The first-order chi connectivity index (χ1) is 27.5. The van der Waals surface area contributed by atoms with E-state index in [1.807, 2.05) is 66.9 Å². The van der Waals surface area contributed by atoms with Crippen LogP contribution >= 0.6 is 11.8 Å². The molecule has 6 aromatic rings. The third-order valence-electron chi connectivity index (χ3n) is 10.3. The van der Waals surface area contributed by atoms with Crippen molar-refractivity contribution in [2.45, 2.75) is 64.9 Å². The van der Waals surface area contributed by atoms with Crippen molar-refractivity contribution in [3.05, 3.63) is 65.7 Å². The van der Waals surface area contributed by atoms with Gasteiger partial charge in [-0.05, 0) is 56.6 Å². The molecule has 0 radical (unpaired) electrons. The molecule has 2 aliphatic rings. The van der Waals surface area contributed by atoms with Gasteiger partial charge in [0.2, 0.25) is 11.8 Å². The molecule has 0 bridgehead atoms. The van der Waals surface area contributed by atoms with Crippen LogP contribution in [0.4, 0.5) is 4.79 Å². The first-order valence-electron chi connectivity index (χ1n) is 19.4. The number of nitrogens with zero attached hydrogens (tertiary/aromatic N) is 5. The first-order valence-corrected chi connectivity index (χ1v) is 20.4. The number of imidazole rings is 1. The standard InChI is InChI=1S/C27H34N4O5.C14H15N3O3S/c1-16-5-7-20(8-6-16)24-28-25-21(26(32)36-23-18(3)13-17(2)14-19(23)4)15-22(31(25)29-24)35-27(33)30-9-11-34-12-10-30;1-2-20-14-12(21-8-7-11(18)19)13-15-9-5-3-4-6-10(9)17(13)16-14/h5-8,15,17-19,23H,9-14H2,1-4H3,(H,28,29);3-6,16H,2,7-8H2,1H3,(H,18,19). The van der Waals surface area contributed by atoms with Gasteiger partial charge in [0.15, 0.2) is 17.1 Å². The predicted molar refractivity (Wildman–Crippen MR) is 215 cm³/mol. The van der Waals surface area contributed by atoms with Crippen LogP contribution in [0.25, 0.3) is 33.7 Å².